The third kappa shape index (κ3) is 2.21. The van der Waals surface area contributed by atoms with Gasteiger partial charge in [0, 0.05) is 18.1 Å². The van der Waals surface area contributed by atoms with E-state index in [2.05, 4.69) is 17.6 Å². The average molecular weight is 227 g/mol. The molecule has 0 saturated heterocycles. The Morgan fingerprint density at radius 3 is 2.94 bits per heavy atom. The Labute approximate surface area is 102 Å². The molecule has 1 aromatic rings. The third-order valence-electron chi connectivity index (χ3n) is 3.32. The molecule has 0 aliphatic carbocycles. The van der Waals surface area contributed by atoms with Gasteiger partial charge in [-0.2, -0.15) is 0 Å². The zero-order chi connectivity index (χ0) is 12.3. The number of para-hydroxylation sites is 1. The Balaban J connectivity index is 2.33. The Morgan fingerprint density at radius 1 is 1.47 bits per heavy atom. The third-order valence-corrected chi connectivity index (χ3v) is 3.32. The fourth-order valence-corrected chi connectivity index (χ4v) is 2.39. The molecule has 2 nitrogen and oxygen atoms in total. The van der Waals surface area contributed by atoms with Gasteiger partial charge in [-0.1, -0.05) is 24.3 Å². The SMILES string of the molecule is C=CCC1(CCC(C)=O)C=Nc2ccccc21. The van der Waals surface area contributed by atoms with Gasteiger partial charge in [-0.25, -0.2) is 0 Å². The molecular weight excluding hydrogens is 210 g/mol. The van der Waals surface area contributed by atoms with Gasteiger partial charge in [-0.15, -0.1) is 6.58 Å². The van der Waals surface area contributed by atoms with Crippen LogP contribution in [0.1, 0.15) is 31.7 Å². The van der Waals surface area contributed by atoms with Gasteiger partial charge in [0.05, 0.1) is 5.69 Å². The zero-order valence-corrected chi connectivity index (χ0v) is 10.1. The van der Waals surface area contributed by atoms with Crippen LogP contribution in [-0.2, 0) is 10.2 Å². The van der Waals surface area contributed by atoms with E-state index in [1.54, 1.807) is 6.92 Å². The molecule has 0 N–H and O–H groups in total. The van der Waals surface area contributed by atoms with E-state index in [9.17, 15) is 4.79 Å². The van der Waals surface area contributed by atoms with E-state index < -0.39 is 0 Å². The topological polar surface area (TPSA) is 29.4 Å². The highest BCUT2D eigenvalue weighted by molar-refractivity contribution is 5.86. The van der Waals surface area contributed by atoms with Crippen molar-refractivity contribution in [3.63, 3.8) is 0 Å². The molecule has 1 heterocycles. The van der Waals surface area contributed by atoms with Crippen LogP contribution in [0.3, 0.4) is 0 Å². The van der Waals surface area contributed by atoms with Crippen LogP contribution in [0.4, 0.5) is 5.69 Å². The normalized spacial score (nSPS) is 21.2. The van der Waals surface area contributed by atoms with E-state index in [4.69, 9.17) is 0 Å². The standard InChI is InChI=1S/C15H17NO/c1-3-9-15(10-8-12(2)17)11-16-14-7-5-4-6-13(14)15/h3-7,11H,1,8-10H2,2H3. The number of Topliss-reactive ketones (excluding diaryl/α,β-unsaturated/α-hetero) is 1. The molecule has 1 atom stereocenters. The fourth-order valence-electron chi connectivity index (χ4n) is 2.39. The van der Waals surface area contributed by atoms with Crippen molar-refractivity contribution < 1.29 is 4.79 Å². The van der Waals surface area contributed by atoms with Crippen molar-refractivity contribution in [3.8, 4) is 0 Å². The molecule has 1 aromatic carbocycles. The summed E-state index contributed by atoms with van der Waals surface area (Å²) in [4.78, 5) is 15.7. The van der Waals surface area contributed by atoms with Gasteiger partial charge in [0.1, 0.15) is 5.78 Å². The number of nitrogens with zero attached hydrogens (tertiary/aromatic N) is 1. The van der Waals surface area contributed by atoms with Gasteiger partial charge >= 0.3 is 0 Å². The first-order valence-electron chi connectivity index (χ1n) is 5.93. The van der Waals surface area contributed by atoms with Crippen LogP contribution in [0.25, 0.3) is 0 Å². The Morgan fingerprint density at radius 2 is 2.24 bits per heavy atom. The van der Waals surface area contributed by atoms with Crippen molar-refractivity contribution in [2.24, 2.45) is 4.99 Å². The number of carbonyl (C=O) groups is 1. The van der Waals surface area contributed by atoms with Gasteiger partial charge in [0.15, 0.2) is 0 Å². The molecular formula is C15H17NO. The molecule has 0 radical (unpaired) electrons. The number of fused-ring (bicyclic) bond motifs is 1. The number of hydrogen-bond donors (Lipinski definition) is 0. The maximum absolute atomic E-state index is 11.2. The lowest BCUT2D eigenvalue weighted by Gasteiger charge is -2.26. The highest BCUT2D eigenvalue weighted by Crippen LogP contribution is 2.42. The van der Waals surface area contributed by atoms with Crippen molar-refractivity contribution >= 4 is 17.7 Å². The molecule has 88 valence electrons. The highest BCUT2D eigenvalue weighted by atomic mass is 16.1. The molecule has 2 rings (SSSR count). The van der Waals surface area contributed by atoms with E-state index in [1.165, 1.54) is 5.56 Å². The molecule has 2 heteroatoms. The lowest BCUT2D eigenvalue weighted by molar-refractivity contribution is -0.117. The predicted octanol–water partition coefficient (Wildman–Crippen LogP) is 3.59. The number of hydrogen-bond acceptors (Lipinski definition) is 2. The van der Waals surface area contributed by atoms with Crippen LogP contribution >= 0.6 is 0 Å². The van der Waals surface area contributed by atoms with E-state index >= 15 is 0 Å². The van der Waals surface area contributed by atoms with Crippen LogP contribution in [0.5, 0.6) is 0 Å². The molecule has 1 unspecified atom stereocenters. The van der Waals surface area contributed by atoms with E-state index in [0.717, 1.165) is 18.5 Å². The monoisotopic (exact) mass is 227 g/mol. The maximum Gasteiger partial charge on any atom is 0.129 e. The van der Waals surface area contributed by atoms with Gasteiger partial charge < -0.3 is 4.79 Å². The molecule has 0 amide bonds. The molecule has 1 aliphatic rings. The summed E-state index contributed by atoms with van der Waals surface area (Å²) >= 11 is 0. The Bertz CT molecular complexity index is 476. The smallest absolute Gasteiger partial charge is 0.129 e. The summed E-state index contributed by atoms with van der Waals surface area (Å²) < 4.78 is 0. The Kier molecular flexibility index (Phi) is 3.23. The number of benzene rings is 1. The number of aliphatic imine (C=N–C) groups is 1. The molecule has 0 fully saturated rings. The van der Waals surface area contributed by atoms with Crippen molar-refractivity contribution in [1.82, 2.24) is 0 Å². The summed E-state index contributed by atoms with van der Waals surface area (Å²) in [5.41, 5.74) is 2.13. The minimum Gasteiger partial charge on any atom is -0.300 e. The quantitative estimate of drug-likeness (QED) is 0.707. The number of rotatable bonds is 5. The lowest BCUT2D eigenvalue weighted by Crippen LogP contribution is -2.25. The van der Waals surface area contributed by atoms with Gasteiger partial charge in [-0.3, -0.25) is 4.99 Å². The van der Waals surface area contributed by atoms with E-state index in [0.29, 0.717) is 6.42 Å². The predicted molar refractivity (Wildman–Crippen MR) is 71.0 cm³/mol. The molecule has 0 aromatic heterocycles. The molecule has 0 bridgehead atoms. The van der Waals surface area contributed by atoms with E-state index in [-0.39, 0.29) is 11.2 Å². The summed E-state index contributed by atoms with van der Waals surface area (Å²) in [5.74, 6) is 0.228. The molecule has 0 saturated carbocycles. The molecule has 0 spiro atoms. The summed E-state index contributed by atoms with van der Waals surface area (Å²) in [7, 11) is 0. The maximum atomic E-state index is 11.2. The number of allylic oxidation sites excluding steroid dienone is 1. The zero-order valence-electron chi connectivity index (χ0n) is 10.1. The second-order valence-corrected chi connectivity index (χ2v) is 4.63. The van der Waals surface area contributed by atoms with Crippen molar-refractivity contribution in [3.05, 3.63) is 42.5 Å². The molecule has 1 aliphatic heterocycles. The van der Waals surface area contributed by atoms with Crippen LogP contribution < -0.4 is 0 Å². The summed E-state index contributed by atoms with van der Waals surface area (Å²) in [5, 5.41) is 0. The minimum absolute atomic E-state index is 0.121. The van der Waals surface area contributed by atoms with Crippen LogP contribution in [0.2, 0.25) is 0 Å². The summed E-state index contributed by atoms with van der Waals surface area (Å²) in [6.07, 6.45) is 6.14. The number of ketones is 1. The van der Waals surface area contributed by atoms with Crippen molar-refractivity contribution in [2.75, 3.05) is 0 Å². The van der Waals surface area contributed by atoms with Gasteiger partial charge in [0.25, 0.3) is 0 Å². The highest BCUT2D eigenvalue weighted by Gasteiger charge is 2.34. The first kappa shape index (κ1) is 11.8. The fraction of sp³-hybridized carbons (Fsp3) is 0.333. The first-order chi connectivity index (χ1) is 8.18. The van der Waals surface area contributed by atoms with Crippen molar-refractivity contribution in [1.29, 1.82) is 0 Å². The number of carbonyl (C=O) groups excluding carboxylic acids is 1. The first-order valence-corrected chi connectivity index (χ1v) is 5.93. The summed E-state index contributed by atoms with van der Waals surface area (Å²) in [6, 6.07) is 8.14. The molecule has 17 heavy (non-hydrogen) atoms. The van der Waals surface area contributed by atoms with Crippen molar-refractivity contribution in [2.45, 2.75) is 31.6 Å². The van der Waals surface area contributed by atoms with Crippen LogP contribution in [-0.4, -0.2) is 12.0 Å². The second kappa shape index (κ2) is 4.66. The van der Waals surface area contributed by atoms with Gasteiger partial charge in [0.2, 0.25) is 0 Å². The van der Waals surface area contributed by atoms with E-state index in [1.807, 2.05) is 30.5 Å². The van der Waals surface area contributed by atoms with Crippen LogP contribution in [0.15, 0.2) is 41.9 Å². The Hall–Kier alpha value is -1.70. The average Bonchev–Trinajstić information content (AvgIpc) is 2.68. The summed E-state index contributed by atoms with van der Waals surface area (Å²) in [6.45, 7) is 5.46. The second-order valence-electron chi connectivity index (χ2n) is 4.63. The largest absolute Gasteiger partial charge is 0.300 e. The lowest BCUT2D eigenvalue weighted by atomic mass is 9.75. The van der Waals surface area contributed by atoms with Crippen LogP contribution in [0, 0.1) is 0 Å². The minimum atomic E-state index is -0.121. The van der Waals surface area contributed by atoms with Gasteiger partial charge in [-0.05, 0) is 31.4 Å².